The van der Waals surface area contributed by atoms with Crippen molar-refractivity contribution in [3.63, 3.8) is 0 Å². The van der Waals surface area contributed by atoms with Crippen molar-refractivity contribution in [3.8, 4) is 0 Å². The number of anilines is 1. The second-order valence-electron chi connectivity index (χ2n) is 5.87. The minimum Gasteiger partial charge on any atom is -0.380 e. The first kappa shape index (κ1) is 15.0. The maximum atomic E-state index is 13.2. The molecule has 1 atom stereocenters. The molecular weight excluding hydrogens is 283 g/mol. The summed E-state index contributed by atoms with van der Waals surface area (Å²) in [6.07, 6.45) is 1.78. The van der Waals surface area contributed by atoms with Crippen molar-refractivity contribution in [2.45, 2.75) is 32.1 Å². The summed E-state index contributed by atoms with van der Waals surface area (Å²) in [5.74, 6) is 0.512. The van der Waals surface area contributed by atoms with E-state index in [-0.39, 0.29) is 11.2 Å². The Bertz CT molecular complexity index is 631. The van der Waals surface area contributed by atoms with Crippen LogP contribution in [0.4, 0.5) is 10.3 Å². The number of benzene rings is 1. The Balaban J connectivity index is 1.81. The number of aryl methyl sites for hydroxylation is 1. The van der Waals surface area contributed by atoms with E-state index >= 15 is 0 Å². The zero-order valence-corrected chi connectivity index (χ0v) is 13.0. The summed E-state index contributed by atoms with van der Waals surface area (Å²) in [5, 5.41) is 7.40. The summed E-state index contributed by atoms with van der Waals surface area (Å²) in [4.78, 5) is 0. The van der Waals surface area contributed by atoms with Gasteiger partial charge in [0, 0.05) is 24.1 Å². The van der Waals surface area contributed by atoms with Gasteiger partial charge in [-0.1, -0.05) is 24.2 Å². The van der Waals surface area contributed by atoms with Crippen molar-refractivity contribution in [2.24, 2.45) is 0 Å². The molecule has 1 fully saturated rings. The number of hydrogen-bond acceptors (Lipinski definition) is 4. The quantitative estimate of drug-likeness (QED) is 0.919. The van der Waals surface area contributed by atoms with E-state index < -0.39 is 0 Å². The van der Waals surface area contributed by atoms with Crippen LogP contribution in [0.5, 0.6) is 0 Å². The molecule has 4 nitrogen and oxygen atoms in total. The molecule has 0 radical (unpaired) electrons. The Morgan fingerprint density at radius 1 is 1.32 bits per heavy atom. The summed E-state index contributed by atoms with van der Waals surface area (Å²) in [6.45, 7) is 6.05. The van der Waals surface area contributed by atoms with Gasteiger partial charge in [0.2, 0.25) is 5.88 Å². The molecule has 1 aromatic heterocycles. The lowest BCUT2D eigenvalue weighted by molar-refractivity contribution is 0.179. The van der Waals surface area contributed by atoms with Crippen molar-refractivity contribution >= 4 is 5.88 Å². The predicted octanol–water partition coefficient (Wildman–Crippen LogP) is 3.45. The Morgan fingerprint density at radius 3 is 2.73 bits per heavy atom. The largest absolute Gasteiger partial charge is 0.380 e. The predicted molar refractivity (Wildman–Crippen MR) is 82.6 cm³/mol. The van der Waals surface area contributed by atoms with Gasteiger partial charge in [-0.05, 0) is 37.5 Å². The van der Waals surface area contributed by atoms with Crippen molar-refractivity contribution in [3.05, 3.63) is 46.9 Å². The zero-order valence-electron chi connectivity index (χ0n) is 13.0. The van der Waals surface area contributed by atoms with Gasteiger partial charge in [0.25, 0.3) is 0 Å². The van der Waals surface area contributed by atoms with Crippen LogP contribution in [-0.2, 0) is 16.6 Å². The molecule has 1 aliphatic heterocycles. The van der Waals surface area contributed by atoms with Crippen LogP contribution in [0, 0.1) is 12.7 Å². The second kappa shape index (κ2) is 6.08. The molecule has 5 heteroatoms. The van der Waals surface area contributed by atoms with Crippen LogP contribution in [-0.4, -0.2) is 24.9 Å². The van der Waals surface area contributed by atoms with E-state index in [0.29, 0.717) is 13.2 Å². The molecule has 22 heavy (non-hydrogen) atoms. The third-order valence-electron chi connectivity index (χ3n) is 4.49. The van der Waals surface area contributed by atoms with Crippen LogP contribution in [0.1, 0.15) is 30.2 Å². The Labute approximate surface area is 129 Å². The summed E-state index contributed by atoms with van der Waals surface area (Å²) >= 11 is 0. The third kappa shape index (κ3) is 2.73. The standard InChI is InChI=1S/C17H21FN2O2/c1-3-15-12(2)20-22-16(15)19-10-17(8-9-21-11-17)13-4-6-14(18)7-5-13/h4-7,19H,3,8-11H2,1-2H3. The van der Waals surface area contributed by atoms with Crippen molar-refractivity contribution in [2.75, 3.05) is 25.1 Å². The molecule has 1 aliphatic rings. The molecule has 1 N–H and O–H groups in total. The van der Waals surface area contributed by atoms with E-state index in [9.17, 15) is 4.39 Å². The molecule has 0 spiro atoms. The van der Waals surface area contributed by atoms with E-state index in [4.69, 9.17) is 9.26 Å². The van der Waals surface area contributed by atoms with Gasteiger partial charge in [-0.3, -0.25) is 0 Å². The minimum absolute atomic E-state index is 0.153. The third-order valence-corrected chi connectivity index (χ3v) is 4.49. The molecule has 1 unspecified atom stereocenters. The van der Waals surface area contributed by atoms with Crippen LogP contribution in [0.3, 0.4) is 0 Å². The van der Waals surface area contributed by atoms with Crippen LogP contribution in [0.2, 0.25) is 0 Å². The normalized spacial score (nSPS) is 21.2. The average molecular weight is 304 g/mol. The first-order valence-electron chi connectivity index (χ1n) is 7.67. The molecule has 0 amide bonds. The van der Waals surface area contributed by atoms with Gasteiger partial charge in [-0.25, -0.2) is 4.39 Å². The lowest BCUT2D eigenvalue weighted by Crippen LogP contribution is -2.35. The van der Waals surface area contributed by atoms with Crippen LogP contribution < -0.4 is 5.32 Å². The van der Waals surface area contributed by atoms with Crippen molar-refractivity contribution in [1.29, 1.82) is 0 Å². The maximum Gasteiger partial charge on any atom is 0.228 e. The molecule has 0 bridgehead atoms. The number of halogens is 1. The monoisotopic (exact) mass is 304 g/mol. The van der Waals surface area contributed by atoms with Gasteiger partial charge in [0.05, 0.1) is 12.3 Å². The number of aromatic nitrogens is 1. The van der Waals surface area contributed by atoms with E-state index in [1.54, 1.807) is 0 Å². The molecular formula is C17H21FN2O2. The molecule has 118 valence electrons. The van der Waals surface area contributed by atoms with Crippen molar-refractivity contribution < 1.29 is 13.7 Å². The van der Waals surface area contributed by atoms with E-state index in [1.807, 2.05) is 19.1 Å². The van der Waals surface area contributed by atoms with Gasteiger partial charge >= 0.3 is 0 Å². The second-order valence-corrected chi connectivity index (χ2v) is 5.87. The minimum atomic E-state index is -0.218. The van der Waals surface area contributed by atoms with Crippen LogP contribution >= 0.6 is 0 Å². The fraction of sp³-hybridized carbons (Fsp3) is 0.471. The summed E-state index contributed by atoms with van der Waals surface area (Å²) in [7, 11) is 0. The molecule has 2 heterocycles. The summed E-state index contributed by atoms with van der Waals surface area (Å²) in [5.41, 5.74) is 2.96. The van der Waals surface area contributed by atoms with Crippen LogP contribution in [0.15, 0.2) is 28.8 Å². The number of rotatable bonds is 5. The molecule has 1 saturated heterocycles. The van der Waals surface area contributed by atoms with Crippen LogP contribution in [0.25, 0.3) is 0 Å². The Morgan fingerprint density at radius 2 is 2.09 bits per heavy atom. The van der Waals surface area contributed by atoms with Crippen molar-refractivity contribution in [1.82, 2.24) is 5.16 Å². The molecule has 1 aromatic carbocycles. The lowest BCUT2D eigenvalue weighted by atomic mass is 9.79. The fourth-order valence-electron chi connectivity index (χ4n) is 3.07. The SMILES string of the molecule is CCc1c(C)noc1NCC1(c2ccc(F)cc2)CCOC1. The number of nitrogens with zero attached hydrogens (tertiary/aromatic N) is 1. The highest BCUT2D eigenvalue weighted by Crippen LogP contribution is 2.34. The smallest absolute Gasteiger partial charge is 0.228 e. The summed E-state index contributed by atoms with van der Waals surface area (Å²) in [6, 6.07) is 6.70. The molecule has 3 rings (SSSR count). The lowest BCUT2D eigenvalue weighted by Gasteiger charge is -2.28. The van der Waals surface area contributed by atoms with E-state index in [2.05, 4.69) is 17.4 Å². The van der Waals surface area contributed by atoms with Gasteiger partial charge in [0.1, 0.15) is 5.82 Å². The van der Waals surface area contributed by atoms with Gasteiger partial charge in [-0.2, -0.15) is 0 Å². The number of hydrogen-bond donors (Lipinski definition) is 1. The molecule has 2 aromatic rings. The number of nitrogens with one attached hydrogen (secondary N) is 1. The average Bonchev–Trinajstić information content (AvgIpc) is 3.13. The maximum absolute atomic E-state index is 13.2. The van der Waals surface area contributed by atoms with E-state index in [0.717, 1.165) is 42.2 Å². The molecule has 0 saturated carbocycles. The Hall–Kier alpha value is -1.88. The first-order chi connectivity index (χ1) is 10.6. The van der Waals surface area contributed by atoms with Gasteiger partial charge < -0.3 is 14.6 Å². The zero-order chi connectivity index (χ0) is 15.6. The number of ether oxygens (including phenoxy) is 1. The molecule has 0 aliphatic carbocycles. The fourth-order valence-corrected chi connectivity index (χ4v) is 3.07. The topological polar surface area (TPSA) is 47.3 Å². The summed E-state index contributed by atoms with van der Waals surface area (Å²) < 4.78 is 24.2. The van der Waals surface area contributed by atoms with E-state index in [1.165, 1.54) is 12.1 Å². The Kier molecular flexibility index (Phi) is 4.16. The highest BCUT2D eigenvalue weighted by Gasteiger charge is 2.37. The van der Waals surface area contributed by atoms with Gasteiger partial charge in [0.15, 0.2) is 0 Å². The van der Waals surface area contributed by atoms with Gasteiger partial charge in [-0.15, -0.1) is 0 Å². The highest BCUT2D eigenvalue weighted by atomic mass is 19.1. The first-order valence-corrected chi connectivity index (χ1v) is 7.67. The highest BCUT2D eigenvalue weighted by molar-refractivity contribution is 5.44.